The fourth-order valence-corrected chi connectivity index (χ4v) is 2.81. The summed E-state index contributed by atoms with van der Waals surface area (Å²) in [7, 11) is 0. The number of amides is 1. The number of nitrogens with zero attached hydrogens (tertiary/aromatic N) is 1. The Balaban J connectivity index is 1.71. The number of carbonyl (C=O) groups is 2. The Hall–Kier alpha value is -2.24. The first-order chi connectivity index (χ1) is 10.1. The molecule has 0 aromatic heterocycles. The molecule has 112 valence electrons. The van der Waals surface area contributed by atoms with Crippen LogP contribution < -0.4 is 9.47 Å². The number of carboxylic acids is 1. The summed E-state index contributed by atoms with van der Waals surface area (Å²) in [6.07, 6.45) is 2.42. The lowest BCUT2D eigenvalue weighted by Gasteiger charge is -2.33. The molecule has 2 aliphatic heterocycles. The molecule has 0 spiro atoms. The summed E-state index contributed by atoms with van der Waals surface area (Å²) >= 11 is 0. The fraction of sp³-hybridized carbons (Fsp3) is 0.467. The Labute approximate surface area is 122 Å². The van der Waals surface area contributed by atoms with Crippen LogP contribution >= 0.6 is 0 Å². The van der Waals surface area contributed by atoms with Crippen LogP contribution in [0.4, 0.5) is 0 Å². The number of ether oxygens (including phenoxy) is 2. The fourth-order valence-electron chi connectivity index (χ4n) is 2.81. The molecule has 1 fully saturated rings. The first-order valence-electron chi connectivity index (χ1n) is 7.06. The molecule has 0 saturated carbocycles. The van der Waals surface area contributed by atoms with E-state index in [1.165, 1.54) is 4.90 Å². The average molecular weight is 291 g/mol. The van der Waals surface area contributed by atoms with E-state index in [1.807, 2.05) is 6.07 Å². The van der Waals surface area contributed by atoms with Crippen LogP contribution in [0.2, 0.25) is 0 Å². The predicted molar refractivity (Wildman–Crippen MR) is 73.3 cm³/mol. The van der Waals surface area contributed by atoms with E-state index in [0.29, 0.717) is 24.5 Å². The lowest BCUT2D eigenvalue weighted by atomic mass is 10.0. The molecule has 1 aromatic carbocycles. The zero-order valence-electron chi connectivity index (χ0n) is 11.6. The summed E-state index contributed by atoms with van der Waals surface area (Å²) in [4.78, 5) is 25.1. The summed E-state index contributed by atoms with van der Waals surface area (Å²) in [5, 5.41) is 9.22. The van der Waals surface area contributed by atoms with Crippen LogP contribution in [0.25, 0.3) is 0 Å². The van der Waals surface area contributed by atoms with Crippen LogP contribution in [0, 0.1) is 0 Å². The van der Waals surface area contributed by atoms with E-state index in [1.54, 1.807) is 12.1 Å². The highest BCUT2D eigenvalue weighted by Crippen LogP contribution is 2.32. The molecule has 6 nitrogen and oxygen atoms in total. The van der Waals surface area contributed by atoms with Gasteiger partial charge in [0.15, 0.2) is 11.5 Å². The van der Waals surface area contributed by atoms with E-state index in [-0.39, 0.29) is 19.1 Å². The van der Waals surface area contributed by atoms with Gasteiger partial charge in [-0.15, -0.1) is 0 Å². The number of aliphatic carboxylic acids is 1. The molecular formula is C15H17NO5. The van der Waals surface area contributed by atoms with Crippen molar-refractivity contribution >= 4 is 11.9 Å². The monoisotopic (exact) mass is 291 g/mol. The second-order valence-corrected chi connectivity index (χ2v) is 5.30. The second-order valence-electron chi connectivity index (χ2n) is 5.30. The van der Waals surface area contributed by atoms with Crippen molar-refractivity contribution in [2.45, 2.75) is 31.7 Å². The molecule has 3 rings (SSSR count). The van der Waals surface area contributed by atoms with Gasteiger partial charge in [0.2, 0.25) is 12.7 Å². The van der Waals surface area contributed by atoms with Crippen molar-refractivity contribution in [3.63, 3.8) is 0 Å². The molecule has 1 atom stereocenters. The predicted octanol–water partition coefficient (Wildman–Crippen LogP) is 1.42. The number of rotatable bonds is 3. The van der Waals surface area contributed by atoms with Gasteiger partial charge in [0, 0.05) is 6.54 Å². The number of fused-ring (bicyclic) bond motifs is 1. The average Bonchev–Trinajstić information content (AvgIpc) is 2.94. The van der Waals surface area contributed by atoms with Crippen LogP contribution in [-0.4, -0.2) is 41.3 Å². The third kappa shape index (κ3) is 2.79. The molecule has 1 amide bonds. The van der Waals surface area contributed by atoms with Gasteiger partial charge in [-0.25, -0.2) is 4.79 Å². The minimum atomic E-state index is -0.922. The summed E-state index contributed by atoms with van der Waals surface area (Å²) in [6.45, 7) is 0.709. The Morgan fingerprint density at radius 1 is 1.24 bits per heavy atom. The van der Waals surface area contributed by atoms with Gasteiger partial charge < -0.3 is 19.5 Å². The van der Waals surface area contributed by atoms with Crippen LogP contribution in [0.1, 0.15) is 24.8 Å². The molecule has 1 N–H and O–H groups in total. The van der Waals surface area contributed by atoms with Crippen molar-refractivity contribution in [2.75, 3.05) is 13.3 Å². The smallest absolute Gasteiger partial charge is 0.326 e. The third-order valence-corrected chi connectivity index (χ3v) is 3.90. The number of piperidine rings is 1. The lowest BCUT2D eigenvalue weighted by Crippen LogP contribution is -2.48. The number of carboxylic acid groups (broad SMARTS) is 1. The quantitative estimate of drug-likeness (QED) is 0.911. The Bertz CT molecular complexity index is 571. The minimum Gasteiger partial charge on any atom is -0.480 e. The molecule has 1 aromatic rings. The SMILES string of the molecule is O=C(O)C1CCCCN1C(=O)Cc1ccc2c(c1)OCO2. The molecule has 2 heterocycles. The van der Waals surface area contributed by atoms with Crippen molar-refractivity contribution in [2.24, 2.45) is 0 Å². The van der Waals surface area contributed by atoms with E-state index in [9.17, 15) is 14.7 Å². The number of likely N-dealkylation sites (tertiary alicyclic amines) is 1. The van der Waals surface area contributed by atoms with E-state index in [0.717, 1.165) is 18.4 Å². The van der Waals surface area contributed by atoms with Gasteiger partial charge in [0.1, 0.15) is 6.04 Å². The molecule has 0 aliphatic carbocycles. The van der Waals surface area contributed by atoms with Gasteiger partial charge in [0.05, 0.1) is 6.42 Å². The molecule has 2 aliphatic rings. The van der Waals surface area contributed by atoms with Crippen molar-refractivity contribution < 1.29 is 24.2 Å². The first-order valence-corrected chi connectivity index (χ1v) is 7.06. The number of hydrogen-bond acceptors (Lipinski definition) is 4. The summed E-state index contributed by atoms with van der Waals surface area (Å²) < 4.78 is 10.5. The second kappa shape index (κ2) is 5.63. The Kier molecular flexibility index (Phi) is 3.68. The standard InChI is InChI=1S/C15H17NO5/c17-14(16-6-2-1-3-11(16)15(18)19)8-10-4-5-12-13(7-10)21-9-20-12/h4-5,7,11H,1-3,6,8-9H2,(H,18,19). The van der Waals surface area contributed by atoms with Gasteiger partial charge in [-0.1, -0.05) is 6.07 Å². The lowest BCUT2D eigenvalue weighted by molar-refractivity contribution is -0.151. The maximum atomic E-state index is 12.4. The summed E-state index contributed by atoms with van der Waals surface area (Å²) in [6, 6.07) is 4.67. The molecule has 21 heavy (non-hydrogen) atoms. The highest BCUT2D eigenvalue weighted by molar-refractivity contribution is 5.85. The third-order valence-electron chi connectivity index (χ3n) is 3.90. The highest BCUT2D eigenvalue weighted by atomic mass is 16.7. The van der Waals surface area contributed by atoms with Crippen molar-refractivity contribution in [3.8, 4) is 11.5 Å². The van der Waals surface area contributed by atoms with Crippen LogP contribution in [0.3, 0.4) is 0 Å². The maximum Gasteiger partial charge on any atom is 0.326 e. The normalized spacial score (nSPS) is 20.4. The molecule has 1 unspecified atom stereocenters. The van der Waals surface area contributed by atoms with Gasteiger partial charge in [-0.3, -0.25) is 4.79 Å². The number of hydrogen-bond donors (Lipinski definition) is 1. The van der Waals surface area contributed by atoms with Gasteiger partial charge >= 0.3 is 5.97 Å². The van der Waals surface area contributed by atoms with Gasteiger partial charge in [0.25, 0.3) is 0 Å². The molecular weight excluding hydrogens is 274 g/mol. The van der Waals surface area contributed by atoms with Crippen LogP contribution in [-0.2, 0) is 16.0 Å². The Morgan fingerprint density at radius 3 is 2.86 bits per heavy atom. The topological polar surface area (TPSA) is 76.1 Å². The van der Waals surface area contributed by atoms with Crippen molar-refractivity contribution in [1.82, 2.24) is 4.90 Å². The van der Waals surface area contributed by atoms with E-state index in [4.69, 9.17) is 9.47 Å². The van der Waals surface area contributed by atoms with E-state index >= 15 is 0 Å². The highest BCUT2D eigenvalue weighted by Gasteiger charge is 2.31. The maximum absolute atomic E-state index is 12.4. The van der Waals surface area contributed by atoms with Gasteiger partial charge in [-0.2, -0.15) is 0 Å². The zero-order valence-corrected chi connectivity index (χ0v) is 11.6. The summed E-state index contributed by atoms with van der Waals surface area (Å²) in [5.41, 5.74) is 0.805. The molecule has 6 heteroatoms. The van der Waals surface area contributed by atoms with Crippen molar-refractivity contribution in [3.05, 3.63) is 23.8 Å². The van der Waals surface area contributed by atoms with Crippen molar-refractivity contribution in [1.29, 1.82) is 0 Å². The zero-order chi connectivity index (χ0) is 14.8. The van der Waals surface area contributed by atoms with E-state index in [2.05, 4.69) is 0 Å². The number of carbonyl (C=O) groups excluding carboxylic acids is 1. The molecule has 1 saturated heterocycles. The minimum absolute atomic E-state index is 0.152. The van der Waals surface area contributed by atoms with E-state index < -0.39 is 12.0 Å². The van der Waals surface area contributed by atoms with Crippen LogP contribution in [0.5, 0.6) is 11.5 Å². The molecule has 0 bridgehead atoms. The summed E-state index contributed by atoms with van der Waals surface area (Å²) in [5.74, 6) is 0.232. The van der Waals surface area contributed by atoms with Gasteiger partial charge in [-0.05, 0) is 37.0 Å². The largest absolute Gasteiger partial charge is 0.480 e. The number of benzene rings is 1. The van der Waals surface area contributed by atoms with Crippen LogP contribution in [0.15, 0.2) is 18.2 Å². The first kappa shape index (κ1) is 13.7. The molecule has 0 radical (unpaired) electrons. The Morgan fingerprint density at radius 2 is 2.05 bits per heavy atom.